The van der Waals surface area contributed by atoms with Crippen molar-refractivity contribution in [2.24, 2.45) is 10.7 Å². The van der Waals surface area contributed by atoms with Gasteiger partial charge in [-0.05, 0) is 47.4 Å². The van der Waals surface area contributed by atoms with Gasteiger partial charge in [0.15, 0.2) is 5.96 Å². The van der Waals surface area contributed by atoms with E-state index in [1.807, 2.05) is 12.1 Å². The summed E-state index contributed by atoms with van der Waals surface area (Å²) in [5, 5.41) is 5.54. The van der Waals surface area contributed by atoms with E-state index in [1.165, 1.54) is 23.6 Å². The first kappa shape index (κ1) is 12.8. The van der Waals surface area contributed by atoms with E-state index in [-0.39, 0.29) is 0 Å². The van der Waals surface area contributed by atoms with E-state index < -0.39 is 0 Å². The zero-order valence-electron chi connectivity index (χ0n) is 11.6. The summed E-state index contributed by atoms with van der Waals surface area (Å²) in [5.74, 6) is 1.42. The van der Waals surface area contributed by atoms with Crippen LogP contribution < -0.4 is 15.8 Å². The summed E-state index contributed by atoms with van der Waals surface area (Å²) in [5.41, 5.74) is 6.99. The first-order valence-electron chi connectivity index (χ1n) is 6.88. The molecule has 0 radical (unpaired) electrons. The number of hydrogen-bond acceptors (Lipinski definition) is 2. The molecule has 20 heavy (non-hydrogen) atoms. The van der Waals surface area contributed by atoms with Crippen molar-refractivity contribution in [3.63, 3.8) is 0 Å². The first-order chi connectivity index (χ1) is 9.74. The number of methoxy groups -OCH3 is 1. The summed E-state index contributed by atoms with van der Waals surface area (Å²) in [6, 6.07) is 12.9. The third-order valence-electron chi connectivity index (χ3n) is 3.47. The Morgan fingerprint density at radius 3 is 2.75 bits per heavy atom. The molecule has 0 atom stereocenters. The topological polar surface area (TPSA) is 59.6 Å². The number of guanidine groups is 1. The van der Waals surface area contributed by atoms with Crippen molar-refractivity contribution in [2.75, 3.05) is 7.11 Å². The van der Waals surface area contributed by atoms with E-state index in [2.05, 4.69) is 34.6 Å². The van der Waals surface area contributed by atoms with Crippen LogP contribution in [0.15, 0.2) is 41.4 Å². The molecule has 1 aliphatic carbocycles. The van der Waals surface area contributed by atoms with E-state index in [4.69, 9.17) is 10.5 Å². The molecule has 0 spiro atoms. The number of rotatable bonds is 4. The third kappa shape index (κ3) is 3.02. The molecule has 1 fully saturated rings. The molecule has 2 aromatic carbocycles. The van der Waals surface area contributed by atoms with Crippen molar-refractivity contribution in [3.05, 3.63) is 42.0 Å². The molecule has 1 aliphatic rings. The molecule has 0 saturated heterocycles. The molecule has 0 amide bonds. The van der Waals surface area contributed by atoms with Crippen molar-refractivity contribution < 1.29 is 4.74 Å². The molecule has 4 heteroatoms. The van der Waals surface area contributed by atoms with Gasteiger partial charge in [-0.1, -0.05) is 18.2 Å². The van der Waals surface area contributed by atoms with Crippen LogP contribution in [-0.4, -0.2) is 19.1 Å². The lowest BCUT2D eigenvalue weighted by Crippen LogP contribution is -2.33. The summed E-state index contributed by atoms with van der Waals surface area (Å²) in [6.07, 6.45) is 2.40. The summed E-state index contributed by atoms with van der Waals surface area (Å²) in [7, 11) is 1.68. The lowest BCUT2D eigenvalue weighted by atomic mass is 10.1. The van der Waals surface area contributed by atoms with Gasteiger partial charge in [-0.25, -0.2) is 4.99 Å². The Morgan fingerprint density at radius 2 is 2.00 bits per heavy atom. The maximum atomic E-state index is 5.84. The predicted molar refractivity (Wildman–Crippen MR) is 82.0 cm³/mol. The lowest BCUT2D eigenvalue weighted by molar-refractivity contribution is 0.415. The van der Waals surface area contributed by atoms with Gasteiger partial charge in [0.2, 0.25) is 0 Å². The van der Waals surface area contributed by atoms with Crippen LogP contribution in [0.3, 0.4) is 0 Å². The van der Waals surface area contributed by atoms with Crippen LogP contribution in [0.1, 0.15) is 18.4 Å². The average Bonchev–Trinajstić information content (AvgIpc) is 3.28. The maximum Gasteiger partial charge on any atom is 0.189 e. The highest BCUT2D eigenvalue weighted by atomic mass is 16.5. The number of aliphatic imine (C=N–C) groups is 1. The number of nitrogens with zero attached hydrogens (tertiary/aromatic N) is 1. The highest BCUT2D eigenvalue weighted by molar-refractivity contribution is 5.84. The highest BCUT2D eigenvalue weighted by Gasteiger charge is 2.21. The van der Waals surface area contributed by atoms with Crippen LogP contribution in [0.4, 0.5) is 0 Å². The predicted octanol–water partition coefficient (Wildman–Crippen LogP) is 2.42. The number of benzene rings is 2. The van der Waals surface area contributed by atoms with Crippen molar-refractivity contribution in [3.8, 4) is 5.75 Å². The lowest BCUT2D eigenvalue weighted by Gasteiger charge is -2.06. The summed E-state index contributed by atoms with van der Waals surface area (Å²) >= 11 is 0. The Morgan fingerprint density at radius 1 is 1.25 bits per heavy atom. The molecular weight excluding hydrogens is 250 g/mol. The SMILES string of the molecule is COc1ccc2cc(CN=C(N)NC3CC3)ccc2c1. The number of fused-ring (bicyclic) bond motifs is 1. The Labute approximate surface area is 118 Å². The summed E-state index contributed by atoms with van der Waals surface area (Å²) in [6.45, 7) is 0.605. The van der Waals surface area contributed by atoms with Gasteiger partial charge in [0.1, 0.15) is 5.75 Å². The first-order valence-corrected chi connectivity index (χ1v) is 6.88. The monoisotopic (exact) mass is 269 g/mol. The molecule has 0 aliphatic heterocycles. The maximum absolute atomic E-state index is 5.84. The Hall–Kier alpha value is -2.23. The number of nitrogens with two attached hydrogens (primary N) is 1. The number of nitrogens with one attached hydrogen (secondary N) is 1. The quantitative estimate of drug-likeness (QED) is 0.662. The zero-order valence-corrected chi connectivity index (χ0v) is 11.6. The fraction of sp³-hybridized carbons (Fsp3) is 0.312. The average molecular weight is 269 g/mol. The number of ether oxygens (including phenoxy) is 1. The van der Waals surface area contributed by atoms with Crippen LogP contribution in [0, 0.1) is 0 Å². The van der Waals surface area contributed by atoms with Crippen molar-refractivity contribution in [1.82, 2.24) is 5.32 Å². The molecule has 0 heterocycles. The van der Waals surface area contributed by atoms with E-state index in [9.17, 15) is 0 Å². The minimum absolute atomic E-state index is 0.544. The molecule has 0 unspecified atom stereocenters. The van der Waals surface area contributed by atoms with Gasteiger partial charge in [0.25, 0.3) is 0 Å². The van der Waals surface area contributed by atoms with Crippen molar-refractivity contribution in [2.45, 2.75) is 25.4 Å². The molecule has 4 nitrogen and oxygen atoms in total. The fourth-order valence-electron chi connectivity index (χ4n) is 2.16. The smallest absolute Gasteiger partial charge is 0.189 e. The Bertz CT molecular complexity index is 647. The van der Waals surface area contributed by atoms with Crippen LogP contribution in [0.5, 0.6) is 5.75 Å². The largest absolute Gasteiger partial charge is 0.497 e. The highest BCUT2D eigenvalue weighted by Crippen LogP contribution is 2.22. The zero-order chi connectivity index (χ0) is 13.9. The minimum atomic E-state index is 0.544. The Kier molecular flexibility index (Phi) is 3.46. The van der Waals surface area contributed by atoms with Crippen LogP contribution in [-0.2, 0) is 6.54 Å². The number of hydrogen-bond donors (Lipinski definition) is 2. The molecule has 2 aromatic rings. The molecule has 0 bridgehead atoms. The Balaban J connectivity index is 1.74. The molecule has 1 saturated carbocycles. The van der Waals surface area contributed by atoms with Gasteiger partial charge in [0.05, 0.1) is 13.7 Å². The molecule has 3 N–H and O–H groups in total. The van der Waals surface area contributed by atoms with Gasteiger partial charge in [0, 0.05) is 6.04 Å². The van der Waals surface area contributed by atoms with E-state index in [0.717, 1.165) is 11.3 Å². The summed E-state index contributed by atoms with van der Waals surface area (Å²) < 4.78 is 5.23. The normalized spacial score (nSPS) is 15.3. The van der Waals surface area contributed by atoms with Crippen molar-refractivity contribution in [1.29, 1.82) is 0 Å². The van der Waals surface area contributed by atoms with Gasteiger partial charge in [-0.15, -0.1) is 0 Å². The third-order valence-corrected chi connectivity index (χ3v) is 3.47. The van der Waals surface area contributed by atoms with E-state index >= 15 is 0 Å². The van der Waals surface area contributed by atoms with E-state index in [1.54, 1.807) is 7.11 Å². The summed E-state index contributed by atoms with van der Waals surface area (Å²) in [4.78, 5) is 4.37. The molecule has 104 valence electrons. The van der Waals surface area contributed by atoms with Gasteiger partial charge >= 0.3 is 0 Å². The second-order valence-corrected chi connectivity index (χ2v) is 5.17. The second kappa shape index (κ2) is 5.41. The molecular formula is C16H19N3O. The standard InChI is InChI=1S/C16H19N3O/c1-20-15-7-4-12-8-11(2-3-13(12)9-15)10-18-16(17)19-14-5-6-14/h2-4,7-9,14H,5-6,10H2,1H3,(H3,17,18,19). The van der Waals surface area contributed by atoms with Gasteiger partial charge in [-0.3, -0.25) is 0 Å². The van der Waals surface area contributed by atoms with Crippen molar-refractivity contribution >= 4 is 16.7 Å². The van der Waals surface area contributed by atoms with E-state index in [0.29, 0.717) is 18.5 Å². The van der Waals surface area contributed by atoms with Crippen LogP contribution in [0.25, 0.3) is 10.8 Å². The molecule has 0 aromatic heterocycles. The second-order valence-electron chi connectivity index (χ2n) is 5.17. The van der Waals surface area contributed by atoms with Crippen LogP contribution >= 0.6 is 0 Å². The molecule has 3 rings (SSSR count). The van der Waals surface area contributed by atoms with Gasteiger partial charge < -0.3 is 15.8 Å². The van der Waals surface area contributed by atoms with Gasteiger partial charge in [-0.2, -0.15) is 0 Å². The fourth-order valence-corrected chi connectivity index (χ4v) is 2.16. The minimum Gasteiger partial charge on any atom is -0.497 e. The van der Waals surface area contributed by atoms with Crippen LogP contribution in [0.2, 0.25) is 0 Å².